The Bertz CT molecular complexity index is 545. The van der Waals surface area contributed by atoms with Crippen LogP contribution in [0.25, 0.3) is 0 Å². The van der Waals surface area contributed by atoms with Gasteiger partial charge < -0.3 is 0 Å². The molecule has 0 bridgehead atoms. The van der Waals surface area contributed by atoms with Crippen molar-refractivity contribution in [2.75, 3.05) is 0 Å². The predicted molar refractivity (Wildman–Crippen MR) is 127 cm³/mol. The summed E-state index contributed by atoms with van der Waals surface area (Å²) in [5.74, 6) is 2.75. The molecule has 4 rings (SSSR count). The molecule has 1 saturated heterocycles. The molecule has 2 radical (unpaired) electrons. The zero-order chi connectivity index (χ0) is 19.9. The standard InChI is InChI=1S/C14H21.C13H20P.Fe/c2*1-3-11-9-10-12(4-2)14(11)13-7-5-6-8-13;/h5-8,11-12,14H,3-4,9-10H2,1-2H3;5-8,11-12H,3-4,9-10H2,1-2H3;/q2*-1;+2/t2*11-,12-;/m11./s1. The summed E-state index contributed by atoms with van der Waals surface area (Å²) in [6.07, 6.45) is 20.4. The molecule has 1 saturated carbocycles. The third-order valence-electron chi connectivity index (χ3n) is 7.55. The van der Waals surface area contributed by atoms with E-state index in [0.717, 1.165) is 29.1 Å². The maximum Gasteiger partial charge on any atom is 2.00 e. The summed E-state index contributed by atoms with van der Waals surface area (Å²) in [4.78, 5) is 0. The van der Waals surface area contributed by atoms with Gasteiger partial charge in [0.25, 0.3) is 0 Å². The molecule has 1 aromatic carbocycles. The molecule has 2 aliphatic carbocycles. The van der Waals surface area contributed by atoms with Gasteiger partial charge in [-0.05, 0) is 67.6 Å². The van der Waals surface area contributed by atoms with E-state index in [2.05, 4.69) is 77.0 Å². The van der Waals surface area contributed by atoms with Crippen LogP contribution in [0.4, 0.5) is 0 Å². The molecule has 4 atom stereocenters. The maximum atomic E-state index is 2.36. The minimum atomic E-state index is 0. The average molecular weight is 452 g/mol. The van der Waals surface area contributed by atoms with Crippen molar-refractivity contribution in [1.82, 2.24) is 0 Å². The van der Waals surface area contributed by atoms with Crippen molar-refractivity contribution in [3.63, 3.8) is 0 Å². The Morgan fingerprint density at radius 3 is 1.93 bits per heavy atom. The van der Waals surface area contributed by atoms with E-state index in [1.165, 1.54) is 51.4 Å². The Balaban J connectivity index is 0.000000200. The summed E-state index contributed by atoms with van der Waals surface area (Å²) in [6.45, 7) is 9.42. The zero-order valence-electron chi connectivity index (χ0n) is 19.0. The first-order valence-corrected chi connectivity index (χ1v) is 13.4. The van der Waals surface area contributed by atoms with Gasteiger partial charge in [-0.15, -0.1) is 14.3 Å². The van der Waals surface area contributed by atoms with E-state index in [9.17, 15) is 0 Å². The van der Waals surface area contributed by atoms with Crippen LogP contribution in [-0.2, 0) is 17.1 Å². The van der Waals surface area contributed by atoms with Crippen LogP contribution >= 0.6 is 7.92 Å². The van der Waals surface area contributed by atoms with Crippen molar-refractivity contribution in [2.24, 2.45) is 11.8 Å². The molecule has 0 amide bonds. The summed E-state index contributed by atoms with van der Waals surface area (Å²) in [7, 11) is 0.170. The Morgan fingerprint density at radius 2 is 1.52 bits per heavy atom. The Morgan fingerprint density at radius 1 is 0.897 bits per heavy atom. The van der Waals surface area contributed by atoms with Crippen LogP contribution in [0, 0.1) is 30.3 Å². The topological polar surface area (TPSA) is 0 Å². The summed E-state index contributed by atoms with van der Waals surface area (Å²) in [6, 6.07) is 9.02. The monoisotopic (exact) mass is 452 g/mol. The van der Waals surface area contributed by atoms with Crippen LogP contribution in [0.3, 0.4) is 0 Å². The van der Waals surface area contributed by atoms with E-state index in [0.29, 0.717) is 0 Å². The average Bonchev–Trinajstić information content (AvgIpc) is 3.52. The minimum absolute atomic E-state index is 0. The fourth-order valence-electron chi connectivity index (χ4n) is 5.96. The van der Waals surface area contributed by atoms with Gasteiger partial charge >= 0.3 is 17.1 Å². The summed E-state index contributed by atoms with van der Waals surface area (Å²) < 4.78 is 0. The first kappa shape index (κ1) is 25.2. The van der Waals surface area contributed by atoms with E-state index in [1.807, 2.05) is 0 Å². The quantitative estimate of drug-likeness (QED) is 0.230. The fraction of sp³-hybridized carbons (Fsp3) is 0.630. The maximum absolute atomic E-state index is 2.36. The number of rotatable bonds is 6. The Labute approximate surface area is 193 Å². The van der Waals surface area contributed by atoms with Crippen LogP contribution in [-0.4, -0.2) is 11.3 Å². The van der Waals surface area contributed by atoms with Gasteiger partial charge in [0.2, 0.25) is 0 Å². The molecule has 2 heteroatoms. The number of allylic oxidation sites excluding steroid dienone is 2. The van der Waals surface area contributed by atoms with E-state index in [1.54, 1.807) is 11.2 Å². The first-order chi connectivity index (χ1) is 13.7. The molecule has 0 N–H and O–H groups in total. The normalized spacial score (nSPS) is 30.1. The summed E-state index contributed by atoms with van der Waals surface area (Å²) >= 11 is 0. The molecule has 29 heavy (non-hydrogen) atoms. The molecule has 0 spiro atoms. The molecule has 0 unspecified atom stereocenters. The van der Waals surface area contributed by atoms with E-state index in [-0.39, 0.29) is 25.0 Å². The zero-order valence-corrected chi connectivity index (χ0v) is 21.0. The molecular weight excluding hydrogens is 411 g/mol. The number of hydrogen-bond donors (Lipinski definition) is 0. The third-order valence-corrected chi connectivity index (χ3v) is 11.3. The molecule has 0 nitrogen and oxygen atoms in total. The van der Waals surface area contributed by atoms with Gasteiger partial charge in [-0.3, -0.25) is 0 Å². The molecule has 3 aliphatic rings. The molecule has 0 aromatic heterocycles. The van der Waals surface area contributed by atoms with Crippen molar-refractivity contribution in [2.45, 2.75) is 96.3 Å². The largest absolute Gasteiger partial charge is 2.00 e. The van der Waals surface area contributed by atoms with Crippen molar-refractivity contribution in [3.05, 3.63) is 60.5 Å². The van der Waals surface area contributed by atoms with Crippen LogP contribution in [0.5, 0.6) is 0 Å². The first-order valence-electron chi connectivity index (χ1n) is 11.9. The second-order valence-electron chi connectivity index (χ2n) is 8.91. The molecule has 1 aromatic rings. The summed E-state index contributed by atoms with van der Waals surface area (Å²) in [5.41, 5.74) is 5.28. The molecule has 1 heterocycles. The van der Waals surface area contributed by atoms with Gasteiger partial charge in [-0.25, -0.2) is 30.7 Å². The summed E-state index contributed by atoms with van der Waals surface area (Å²) in [5, 5.41) is 0. The van der Waals surface area contributed by atoms with Crippen LogP contribution < -0.4 is 0 Å². The minimum Gasteiger partial charge on any atom is -0.231 e. The molecular formula is C27H41FeP. The van der Waals surface area contributed by atoms with Crippen molar-refractivity contribution in [3.8, 4) is 0 Å². The third kappa shape index (κ3) is 5.99. The van der Waals surface area contributed by atoms with Crippen LogP contribution in [0.1, 0.15) is 90.5 Å². The number of hydrogen-bond acceptors (Lipinski definition) is 0. The van der Waals surface area contributed by atoms with Gasteiger partial charge in [0.05, 0.1) is 0 Å². The second-order valence-corrected chi connectivity index (χ2v) is 11.7. The van der Waals surface area contributed by atoms with E-state index < -0.39 is 0 Å². The second kappa shape index (κ2) is 12.7. The molecule has 1 aliphatic heterocycles. The van der Waals surface area contributed by atoms with Gasteiger partial charge in [0.1, 0.15) is 0 Å². The Kier molecular flexibility index (Phi) is 11.0. The Hall–Kier alpha value is -0.0905. The molecule has 162 valence electrons. The van der Waals surface area contributed by atoms with Crippen molar-refractivity contribution < 1.29 is 17.1 Å². The fourth-order valence-corrected chi connectivity index (χ4v) is 9.56. The smallest absolute Gasteiger partial charge is 0.231 e. The van der Waals surface area contributed by atoms with Crippen molar-refractivity contribution in [1.29, 1.82) is 0 Å². The van der Waals surface area contributed by atoms with E-state index >= 15 is 0 Å². The van der Waals surface area contributed by atoms with Gasteiger partial charge in [0.15, 0.2) is 0 Å². The van der Waals surface area contributed by atoms with Crippen LogP contribution in [0.15, 0.2) is 36.4 Å². The van der Waals surface area contributed by atoms with E-state index in [4.69, 9.17) is 0 Å². The van der Waals surface area contributed by atoms with Crippen molar-refractivity contribution >= 4 is 7.92 Å². The molecule has 2 fully saturated rings. The van der Waals surface area contributed by atoms with Gasteiger partial charge in [-0.2, -0.15) is 17.7 Å². The van der Waals surface area contributed by atoms with Gasteiger partial charge in [-0.1, -0.05) is 46.2 Å². The van der Waals surface area contributed by atoms with Crippen LogP contribution in [0.2, 0.25) is 0 Å². The van der Waals surface area contributed by atoms with Gasteiger partial charge in [0, 0.05) is 0 Å². The SMILES string of the molecule is CC[C@@H]1CC[C@@H](CC)C1c1ccc[cH-]1.CC[C@@H]1CC[C@@H](CC)P1[C]1[CH]C=C[CH-]1.[Fe+2]. The predicted octanol–water partition coefficient (Wildman–Crippen LogP) is 8.66.